The molecule has 1 aromatic rings. The Balaban J connectivity index is 2.56. The van der Waals surface area contributed by atoms with Gasteiger partial charge in [0.2, 0.25) is 0 Å². The molecule has 1 aliphatic heterocycles. The quantitative estimate of drug-likeness (QED) is 0.613. The van der Waals surface area contributed by atoms with Gasteiger partial charge in [-0.2, -0.15) is 0 Å². The van der Waals surface area contributed by atoms with Gasteiger partial charge in [0.25, 0.3) is 0 Å². The fourth-order valence-corrected chi connectivity index (χ4v) is 1.54. The van der Waals surface area contributed by atoms with Crippen molar-refractivity contribution in [2.24, 2.45) is 4.99 Å². The molecule has 2 rings (SSSR count). The Morgan fingerprint density at radius 3 is 2.86 bits per heavy atom. The molecule has 0 amide bonds. The second kappa shape index (κ2) is 3.18. The van der Waals surface area contributed by atoms with Crippen LogP contribution in [0.4, 0.5) is 17.1 Å². The summed E-state index contributed by atoms with van der Waals surface area (Å²) >= 11 is 0. The van der Waals surface area contributed by atoms with Crippen LogP contribution in [0.1, 0.15) is 13.8 Å². The van der Waals surface area contributed by atoms with Gasteiger partial charge in [0.1, 0.15) is 0 Å². The smallest absolute Gasteiger partial charge is 0.0869 e. The first-order valence-corrected chi connectivity index (χ1v) is 4.55. The van der Waals surface area contributed by atoms with E-state index < -0.39 is 0 Å². The molecule has 0 aromatic heterocycles. The summed E-state index contributed by atoms with van der Waals surface area (Å²) in [6, 6.07) is 5.68. The third-order valence-electron chi connectivity index (χ3n) is 2.07. The molecule has 14 heavy (non-hydrogen) atoms. The van der Waals surface area contributed by atoms with Crippen LogP contribution < -0.4 is 11.1 Å². The molecule has 1 aromatic carbocycles. The number of allylic oxidation sites excluding steroid dienone is 2. The van der Waals surface area contributed by atoms with E-state index in [4.69, 9.17) is 5.73 Å². The van der Waals surface area contributed by atoms with E-state index in [1.165, 1.54) is 0 Å². The van der Waals surface area contributed by atoms with Crippen LogP contribution in [-0.4, -0.2) is 5.71 Å². The summed E-state index contributed by atoms with van der Waals surface area (Å²) < 4.78 is 0. The molecule has 3 nitrogen and oxygen atoms in total. The summed E-state index contributed by atoms with van der Waals surface area (Å²) in [5.74, 6) is 0. The van der Waals surface area contributed by atoms with Crippen molar-refractivity contribution < 1.29 is 0 Å². The number of anilines is 2. The Morgan fingerprint density at radius 2 is 2.07 bits per heavy atom. The molecule has 0 bridgehead atoms. The minimum absolute atomic E-state index is 0.749. The average molecular weight is 187 g/mol. The van der Waals surface area contributed by atoms with Gasteiger partial charge >= 0.3 is 0 Å². The van der Waals surface area contributed by atoms with Crippen LogP contribution in [0.15, 0.2) is 35.0 Å². The van der Waals surface area contributed by atoms with Crippen LogP contribution in [0.5, 0.6) is 0 Å². The Kier molecular flexibility index (Phi) is 2.00. The number of nitrogen functional groups attached to an aromatic ring is 1. The first-order chi connectivity index (χ1) is 6.65. The number of hydrogen-bond acceptors (Lipinski definition) is 3. The molecule has 0 spiro atoms. The molecule has 3 N–H and O–H groups in total. The fraction of sp³-hybridized carbons (Fsp3) is 0.182. The van der Waals surface area contributed by atoms with E-state index in [0.29, 0.717) is 0 Å². The average Bonchev–Trinajstić information content (AvgIpc) is 2.21. The van der Waals surface area contributed by atoms with Crippen molar-refractivity contribution >= 4 is 22.8 Å². The number of nitrogens with one attached hydrogen (secondary N) is 1. The highest BCUT2D eigenvalue weighted by atomic mass is 14.9. The van der Waals surface area contributed by atoms with Gasteiger partial charge in [0, 0.05) is 17.1 Å². The van der Waals surface area contributed by atoms with Gasteiger partial charge in [-0.25, -0.2) is 0 Å². The Bertz CT molecular complexity index is 430. The Labute approximate surface area is 83.3 Å². The minimum atomic E-state index is 0.749. The normalized spacial score (nSPS) is 14.7. The highest BCUT2D eigenvalue weighted by Gasteiger charge is 2.06. The van der Waals surface area contributed by atoms with Gasteiger partial charge in [-0.15, -0.1) is 0 Å². The highest BCUT2D eigenvalue weighted by molar-refractivity contribution is 5.98. The van der Waals surface area contributed by atoms with E-state index >= 15 is 0 Å². The fourth-order valence-electron chi connectivity index (χ4n) is 1.54. The number of hydrogen-bond donors (Lipinski definition) is 2. The molecule has 72 valence electrons. The van der Waals surface area contributed by atoms with Crippen LogP contribution in [0.2, 0.25) is 0 Å². The maximum atomic E-state index is 5.71. The van der Waals surface area contributed by atoms with Crippen molar-refractivity contribution in [3.63, 3.8) is 0 Å². The van der Waals surface area contributed by atoms with Crippen molar-refractivity contribution in [3.05, 3.63) is 30.0 Å². The molecular formula is C11H13N3. The molecule has 3 heteroatoms. The van der Waals surface area contributed by atoms with Gasteiger partial charge in [0.05, 0.1) is 11.4 Å². The lowest BCUT2D eigenvalue weighted by atomic mass is 10.2. The van der Waals surface area contributed by atoms with Crippen molar-refractivity contribution in [3.8, 4) is 0 Å². The lowest BCUT2D eigenvalue weighted by molar-refractivity contribution is 1.39. The third kappa shape index (κ3) is 1.62. The van der Waals surface area contributed by atoms with E-state index in [0.717, 1.165) is 28.5 Å². The van der Waals surface area contributed by atoms with Crippen LogP contribution in [0, 0.1) is 0 Å². The van der Waals surface area contributed by atoms with Gasteiger partial charge < -0.3 is 11.1 Å². The number of nitrogens with zero attached hydrogens (tertiary/aromatic N) is 1. The van der Waals surface area contributed by atoms with E-state index in [9.17, 15) is 0 Å². The van der Waals surface area contributed by atoms with Gasteiger partial charge in [0.15, 0.2) is 0 Å². The van der Waals surface area contributed by atoms with E-state index in [-0.39, 0.29) is 0 Å². The first kappa shape index (κ1) is 8.81. The van der Waals surface area contributed by atoms with Gasteiger partial charge in [-0.05, 0) is 38.1 Å². The number of aliphatic imine (C=N–C) groups is 1. The molecule has 0 saturated heterocycles. The number of fused-ring (bicyclic) bond motifs is 1. The van der Waals surface area contributed by atoms with Gasteiger partial charge in [-0.1, -0.05) is 0 Å². The molecule has 1 aliphatic rings. The molecule has 0 radical (unpaired) electrons. The van der Waals surface area contributed by atoms with E-state index in [1.807, 2.05) is 38.1 Å². The Morgan fingerprint density at radius 1 is 1.29 bits per heavy atom. The number of benzene rings is 1. The zero-order valence-electron chi connectivity index (χ0n) is 8.33. The molecule has 1 heterocycles. The lowest BCUT2D eigenvalue weighted by Crippen LogP contribution is -1.96. The van der Waals surface area contributed by atoms with Crippen molar-refractivity contribution in [2.75, 3.05) is 11.1 Å². The standard InChI is InChI=1S/C11H13N3/c1-7-5-8(2)14-11-6-9(12)3-4-10(11)13-7/h3-6,14H,12H2,1-2H3. The predicted octanol–water partition coefficient (Wildman–Crippen LogP) is 2.69. The van der Waals surface area contributed by atoms with Crippen LogP contribution in [0.3, 0.4) is 0 Å². The summed E-state index contributed by atoms with van der Waals surface area (Å²) in [4.78, 5) is 4.45. The maximum Gasteiger partial charge on any atom is 0.0869 e. The zero-order chi connectivity index (χ0) is 10.1. The minimum Gasteiger partial charge on any atom is -0.399 e. The summed E-state index contributed by atoms with van der Waals surface area (Å²) in [7, 11) is 0. The summed E-state index contributed by atoms with van der Waals surface area (Å²) in [5, 5.41) is 3.26. The lowest BCUT2D eigenvalue weighted by Gasteiger charge is -2.07. The van der Waals surface area contributed by atoms with Crippen molar-refractivity contribution in [2.45, 2.75) is 13.8 Å². The predicted molar refractivity (Wildman–Crippen MR) is 61.0 cm³/mol. The van der Waals surface area contributed by atoms with Crippen molar-refractivity contribution in [1.29, 1.82) is 0 Å². The molecule has 0 fully saturated rings. The van der Waals surface area contributed by atoms with Crippen LogP contribution in [-0.2, 0) is 0 Å². The summed E-state index contributed by atoms with van der Waals surface area (Å²) in [5.41, 5.74) is 10.4. The van der Waals surface area contributed by atoms with E-state index in [2.05, 4.69) is 10.3 Å². The first-order valence-electron chi connectivity index (χ1n) is 4.55. The zero-order valence-corrected chi connectivity index (χ0v) is 8.33. The molecule has 0 atom stereocenters. The number of rotatable bonds is 0. The SMILES string of the molecule is CC1=CC(C)=Nc2ccc(N)cc2N1. The second-order valence-electron chi connectivity index (χ2n) is 3.48. The molecule has 0 aliphatic carbocycles. The molecule has 0 saturated carbocycles. The summed E-state index contributed by atoms with van der Waals surface area (Å²) in [6.45, 7) is 3.99. The van der Waals surface area contributed by atoms with Gasteiger partial charge in [-0.3, -0.25) is 4.99 Å². The molecular weight excluding hydrogens is 174 g/mol. The maximum absolute atomic E-state index is 5.71. The number of nitrogens with two attached hydrogens (primary N) is 1. The molecule has 0 unspecified atom stereocenters. The van der Waals surface area contributed by atoms with Crippen molar-refractivity contribution in [1.82, 2.24) is 0 Å². The highest BCUT2D eigenvalue weighted by Crippen LogP contribution is 2.30. The topological polar surface area (TPSA) is 50.4 Å². The summed E-state index contributed by atoms with van der Waals surface area (Å²) in [6.07, 6.45) is 2.01. The Hall–Kier alpha value is -1.77. The third-order valence-corrected chi connectivity index (χ3v) is 2.07. The van der Waals surface area contributed by atoms with E-state index in [1.54, 1.807) is 0 Å². The largest absolute Gasteiger partial charge is 0.399 e. The van der Waals surface area contributed by atoms with Crippen LogP contribution in [0.25, 0.3) is 0 Å². The van der Waals surface area contributed by atoms with Crippen LogP contribution >= 0.6 is 0 Å². The second-order valence-corrected chi connectivity index (χ2v) is 3.48. The monoisotopic (exact) mass is 187 g/mol.